The largest absolute Gasteiger partial charge is 0.481 e. The van der Waals surface area contributed by atoms with Gasteiger partial charge in [0.05, 0.1) is 30.5 Å². The number of aromatic amines is 3. The molecule has 5 atom stereocenters. The van der Waals surface area contributed by atoms with E-state index in [-0.39, 0.29) is 96.1 Å². The van der Waals surface area contributed by atoms with Crippen LogP contribution in [0, 0.1) is 0 Å². The quantitative estimate of drug-likeness (QED) is 0.0168. The number of carboxylic acids is 2. The maximum Gasteiger partial charge on any atom is 0.412 e. The van der Waals surface area contributed by atoms with Gasteiger partial charge >= 0.3 is 18.0 Å². The third kappa shape index (κ3) is 16.7. The van der Waals surface area contributed by atoms with Crippen molar-refractivity contribution in [2.24, 2.45) is 5.73 Å². The number of nitrogen functional groups attached to an aromatic ring is 1. The molecular weight excluding hydrogens is 1290 g/mol. The number of aliphatic carboxylic acids is 2. The maximum absolute atomic E-state index is 14.4. The standard InChI is InChI=1S/C63H63ClN16O13S2/c1-31(71-55(84)32-11-13-36(14-12-32)68-26-38-27-70-54-53(72-38)59(88)79-62(66)78-54)10-17-50(81)69-28-41(65)56(85)76-45(23-51(82)83)58(87)77-47(61(90)91)30-95-94-19-18-67-63(92)93-49-24-48-52(40-8-4-3-7-39(40)49)35(25-64)29-80(48)60(89)46-22-34-20-37(15-16-43(34)75-46)73-57(86)44-21-33-6-2-5-9-42(33)74-44/h2-9,11-16,20-22,24,27,31,35,41,45,47,68,74-75H,10,17-19,23,25-26,28-30,65H2,1H3,(H,67,92)(H,69,81)(H,71,84)(H,73,86)(H,76,85)(H,77,87)(H,82,83)(H,90,91)(H3,66,70,78,79,88)/t31-,35?,41-,45?,47-/m0/s1. The number of hydrogen-bond acceptors (Lipinski definition) is 19. The summed E-state index contributed by atoms with van der Waals surface area (Å²) in [5, 5.41) is 41.0. The number of H-pyrrole nitrogens is 3. The zero-order chi connectivity index (χ0) is 67.4. The number of carbonyl (C=O) groups is 9. The first-order valence-corrected chi connectivity index (χ1v) is 32.6. The Bertz CT molecular complexity index is 4480. The zero-order valence-corrected chi connectivity index (χ0v) is 52.8. The van der Waals surface area contributed by atoms with Crippen molar-refractivity contribution in [3.8, 4) is 5.75 Å². The van der Waals surface area contributed by atoms with Crippen molar-refractivity contribution in [3.63, 3.8) is 0 Å². The Morgan fingerprint density at radius 1 is 0.779 bits per heavy atom. The smallest absolute Gasteiger partial charge is 0.412 e. The van der Waals surface area contributed by atoms with Crippen molar-refractivity contribution in [3.05, 3.63) is 154 Å². The SMILES string of the molecule is C[C@@H](CCC(=O)NC[C@H](N)C(=O)NC(CC(=O)O)C(=O)N[C@@H](CSSCCNC(=O)Oc1cc2c(c3ccccc13)C(CCl)CN2C(=O)c1cc2cc(NC(=O)c3cc4ccccc4[nH]3)ccc2[nH]1)C(=O)O)NC(=O)c1ccc(NCc2cnc3nc(N)[nH]c(=O)c3n2)cc1. The number of rotatable bonds is 28. The number of nitrogens with zero attached hydrogens (tertiary/aromatic N) is 4. The van der Waals surface area contributed by atoms with Crippen LogP contribution in [0.1, 0.15) is 74.7 Å². The summed E-state index contributed by atoms with van der Waals surface area (Å²) in [6.07, 6.45) is -0.191. The van der Waals surface area contributed by atoms with Gasteiger partial charge in [-0.2, -0.15) is 4.98 Å². The van der Waals surface area contributed by atoms with E-state index >= 15 is 0 Å². The van der Waals surface area contributed by atoms with Gasteiger partial charge in [-0.25, -0.2) is 19.6 Å². The van der Waals surface area contributed by atoms with E-state index in [9.17, 15) is 58.2 Å². The van der Waals surface area contributed by atoms with E-state index in [2.05, 4.69) is 67.1 Å². The monoisotopic (exact) mass is 1350 g/mol. The van der Waals surface area contributed by atoms with E-state index in [4.69, 9.17) is 27.8 Å². The number of carbonyl (C=O) groups excluding carboxylic acids is 7. The summed E-state index contributed by atoms with van der Waals surface area (Å²) in [6, 6.07) is 26.5. The van der Waals surface area contributed by atoms with Crippen LogP contribution >= 0.6 is 33.2 Å². The molecular formula is C63H63ClN16O13S2. The number of benzene rings is 5. The Kier molecular flexibility index (Phi) is 21.4. The van der Waals surface area contributed by atoms with Crippen LogP contribution in [0.4, 0.5) is 27.8 Å². The fourth-order valence-electron chi connectivity index (χ4n) is 10.4. The number of amides is 7. The average Bonchev–Trinajstić information content (AvgIpc) is 1.63. The second kappa shape index (κ2) is 30.3. The number of hydrogen-bond donors (Lipinski definition) is 14. The van der Waals surface area contributed by atoms with Crippen LogP contribution < -0.4 is 63.9 Å². The molecule has 2 unspecified atom stereocenters. The number of aromatic nitrogens is 6. The number of halogens is 1. The predicted octanol–water partition coefficient (Wildman–Crippen LogP) is 5.30. The van der Waals surface area contributed by atoms with E-state index in [1.54, 1.807) is 84.6 Å². The first-order chi connectivity index (χ1) is 45.7. The first kappa shape index (κ1) is 67.1. The summed E-state index contributed by atoms with van der Waals surface area (Å²) >= 11 is 6.55. The van der Waals surface area contributed by atoms with Crippen molar-refractivity contribution < 1.29 is 58.1 Å². The molecule has 10 rings (SSSR count). The molecule has 1 aliphatic heterocycles. The van der Waals surface area contributed by atoms with Crippen LogP contribution in [-0.2, 0) is 30.5 Å². The Morgan fingerprint density at radius 2 is 1.49 bits per heavy atom. The van der Waals surface area contributed by atoms with E-state index in [0.29, 0.717) is 50.3 Å². The van der Waals surface area contributed by atoms with Crippen LogP contribution in [0.2, 0.25) is 0 Å². The second-order valence-corrected chi connectivity index (χ2v) is 25.0. The Morgan fingerprint density at radius 3 is 2.25 bits per heavy atom. The molecule has 5 aromatic carbocycles. The number of anilines is 4. The predicted molar refractivity (Wildman–Crippen MR) is 360 cm³/mol. The van der Waals surface area contributed by atoms with Crippen molar-refractivity contribution in [2.45, 2.75) is 62.8 Å². The average molecular weight is 1350 g/mol. The fraction of sp³-hybridized carbons (Fsp3) is 0.254. The molecule has 29 nitrogen and oxygen atoms in total. The molecule has 0 bridgehead atoms. The Hall–Kier alpha value is -10.8. The number of para-hydroxylation sites is 1. The van der Waals surface area contributed by atoms with Crippen molar-refractivity contribution in [1.29, 1.82) is 0 Å². The highest BCUT2D eigenvalue weighted by Crippen LogP contribution is 2.46. The van der Waals surface area contributed by atoms with Crippen molar-refractivity contribution >= 4 is 153 Å². The van der Waals surface area contributed by atoms with Crippen LogP contribution in [0.5, 0.6) is 5.75 Å². The normalized spacial score (nSPS) is 13.9. The van der Waals surface area contributed by atoms with Gasteiger partial charge in [0.25, 0.3) is 23.3 Å². The van der Waals surface area contributed by atoms with E-state index < -0.39 is 84.4 Å². The number of alkyl halides is 1. The summed E-state index contributed by atoms with van der Waals surface area (Å²) in [6.45, 7) is 1.77. The number of nitrogens with one attached hydrogen (secondary N) is 10. The molecule has 5 heterocycles. The summed E-state index contributed by atoms with van der Waals surface area (Å²) < 4.78 is 5.87. The minimum atomic E-state index is -1.76. The molecule has 0 fully saturated rings. The minimum absolute atomic E-state index is 0.0369. The molecule has 0 spiro atoms. The van der Waals surface area contributed by atoms with Gasteiger partial charge in [-0.05, 0) is 85.0 Å². The highest BCUT2D eigenvalue weighted by Gasteiger charge is 2.36. The molecule has 7 amide bonds. The summed E-state index contributed by atoms with van der Waals surface area (Å²) in [4.78, 5) is 152. The van der Waals surface area contributed by atoms with Gasteiger partial charge in [-0.1, -0.05) is 64.1 Å². The van der Waals surface area contributed by atoms with Gasteiger partial charge < -0.3 is 78.5 Å². The molecule has 4 aromatic heterocycles. The summed E-state index contributed by atoms with van der Waals surface area (Å²) in [7, 11) is 2.19. The lowest BCUT2D eigenvalue weighted by Gasteiger charge is -2.22. The molecule has 0 aliphatic carbocycles. The number of fused-ring (bicyclic) bond motifs is 6. The van der Waals surface area contributed by atoms with E-state index in [1.165, 1.54) is 6.20 Å². The highest BCUT2D eigenvalue weighted by atomic mass is 35.5. The topological polar surface area (TPSA) is 446 Å². The fourth-order valence-corrected chi connectivity index (χ4v) is 12.7. The molecule has 0 saturated carbocycles. The number of ether oxygens (including phenoxy) is 1. The number of nitrogens with two attached hydrogens (primary N) is 2. The molecule has 1 aliphatic rings. The zero-order valence-electron chi connectivity index (χ0n) is 50.5. The Labute approximate surface area is 551 Å². The summed E-state index contributed by atoms with van der Waals surface area (Å²) in [5.41, 5.74) is 16.6. The molecule has 9 aromatic rings. The lowest BCUT2D eigenvalue weighted by atomic mass is 9.95. The molecule has 16 N–H and O–H groups in total. The molecule has 0 saturated heterocycles. The van der Waals surface area contributed by atoms with E-state index in [1.807, 2.05) is 36.4 Å². The lowest BCUT2D eigenvalue weighted by Crippen LogP contribution is -2.57. The van der Waals surface area contributed by atoms with Crippen molar-refractivity contribution in [2.75, 3.05) is 58.3 Å². The third-order valence-corrected chi connectivity index (χ3v) is 18.0. The highest BCUT2D eigenvalue weighted by molar-refractivity contribution is 8.76. The van der Waals surface area contributed by atoms with Crippen LogP contribution in [0.25, 0.3) is 43.7 Å². The third-order valence-electron chi connectivity index (χ3n) is 15.2. The summed E-state index contributed by atoms with van der Waals surface area (Å²) in [5.74, 6) is -6.68. The molecule has 95 heavy (non-hydrogen) atoms. The van der Waals surface area contributed by atoms with E-state index in [0.717, 1.165) is 43.4 Å². The van der Waals surface area contributed by atoms with Gasteiger partial charge in [0.1, 0.15) is 35.3 Å². The first-order valence-electron chi connectivity index (χ1n) is 29.6. The molecule has 492 valence electrons. The van der Waals surface area contributed by atoms with Gasteiger partial charge in [0.15, 0.2) is 11.2 Å². The second-order valence-electron chi connectivity index (χ2n) is 22.1. The minimum Gasteiger partial charge on any atom is -0.481 e. The van der Waals surface area contributed by atoms with Crippen LogP contribution in [-0.4, -0.2) is 155 Å². The Balaban J connectivity index is 0.645. The van der Waals surface area contributed by atoms with Crippen LogP contribution in [0.3, 0.4) is 0 Å². The van der Waals surface area contributed by atoms with Crippen LogP contribution in [0.15, 0.2) is 120 Å². The van der Waals surface area contributed by atoms with Gasteiger partial charge in [0, 0.05) is 106 Å². The van der Waals surface area contributed by atoms with Crippen molar-refractivity contribution in [1.82, 2.24) is 56.5 Å². The maximum atomic E-state index is 14.4. The lowest BCUT2D eigenvalue weighted by molar-refractivity contribution is -0.143. The van der Waals surface area contributed by atoms with Gasteiger partial charge in [0.2, 0.25) is 23.7 Å². The number of carboxylic acid groups (broad SMARTS) is 2. The van der Waals surface area contributed by atoms with Gasteiger partial charge in [-0.3, -0.25) is 43.3 Å². The van der Waals surface area contributed by atoms with Gasteiger partial charge in [-0.15, -0.1) is 11.6 Å². The molecule has 32 heteroatoms. The molecule has 0 radical (unpaired) electrons.